The first-order valence-electron chi connectivity index (χ1n) is 6.43. The van der Waals surface area contributed by atoms with Crippen molar-refractivity contribution in [3.8, 4) is 5.75 Å². The van der Waals surface area contributed by atoms with Crippen molar-refractivity contribution in [3.05, 3.63) is 22.7 Å². The zero-order chi connectivity index (χ0) is 16.9. The van der Waals surface area contributed by atoms with Crippen molar-refractivity contribution >= 4 is 57.1 Å². The monoisotopic (exact) mass is 375 g/mol. The lowest BCUT2D eigenvalue weighted by molar-refractivity contribution is -0.120. The van der Waals surface area contributed by atoms with E-state index in [0.29, 0.717) is 10.1 Å². The van der Waals surface area contributed by atoms with E-state index in [0.717, 1.165) is 17.4 Å². The van der Waals surface area contributed by atoms with Crippen molar-refractivity contribution in [2.24, 2.45) is 4.99 Å². The number of aromatic hydroxyl groups is 1. The zero-order valence-electron chi connectivity index (χ0n) is 11.9. The number of rotatable bonds is 2. The highest BCUT2D eigenvalue weighted by Gasteiger charge is 2.43. The van der Waals surface area contributed by atoms with E-state index < -0.39 is 28.2 Å². The standard InChI is InChI=1S/C13H11F2N3O2S3/c1-13(2)9(10(20)18-21)17-12(23-13)11-16-5-3-4(14)7(19)6(15)8(5)22-11/h3,9,19,21H,1-2H3,(H,18,20). The number of amides is 1. The minimum absolute atomic E-state index is 0.0436. The van der Waals surface area contributed by atoms with Crippen molar-refractivity contribution in [2.75, 3.05) is 0 Å². The summed E-state index contributed by atoms with van der Waals surface area (Å²) < 4.78 is 29.1. The fraction of sp³-hybridized carbons (Fsp3) is 0.308. The summed E-state index contributed by atoms with van der Waals surface area (Å²) in [5.41, 5.74) is 0.0982. The quantitative estimate of drug-likeness (QED) is 0.706. The number of nitrogens with zero attached hydrogens (tertiary/aromatic N) is 2. The molecule has 1 aliphatic rings. The molecule has 0 bridgehead atoms. The first-order valence-corrected chi connectivity index (χ1v) is 8.51. The lowest BCUT2D eigenvalue weighted by Crippen LogP contribution is -2.39. The Bertz CT molecular complexity index is 851. The topological polar surface area (TPSA) is 74.6 Å². The molecule has 0 saturated heterocycles. The molecule has 2 heterocycles. The molecule has 3 rings (SSSR count). The van der Waals surface area contributed by atoms with Gasteiger partial charge in [-0.2, -0.15) is 0 Å². The van der Waals surface area contributed by atoms with Gasteiger partial charge in [0.15, 0.2) is 17.4 Å². The minimum Gasteiger partial charge on any atom is -0.503 e. The average Bonchev–Trinajstić information content (AvgIpc) is 3.04. The molecule has 1 atom stereocenters. The fourth-order valence-electron chi connectivity index (χ4n) is 2.22. The normalized spacial score (nSPS) is 19.9. The van der Waals surface area contributed by atoms with Crippen LogP contribution in [0.1, 0.15) is 18.9 Å². The number of hydrogen-bond donors (Lipinski definition) is 3. The van der Waals surface area contributed by atoms with E-state index in [2.05, 4.69) is 27.5 Å². The minimum atomic E-state index is -1.07. The molecule has 0 saturated carbocycles. The summed E-state index contributed by atoms with van der Waals surface area (Å²) in [5, 5.41) is 10.2. The highest BCUT2D eigenvalue weighted by molar-refractivity contribution is 8.16. The van der Waals surface area contributed by atoms with Crippen LogP contribution in [0.25, 0.3) is 10.2 Å². The molecule has 23 heavy (non-hydrogen) atoms. The lowest BCUT2D eigenvalue weighted by Gasteiger charge is -2.21. The summed E-state index contributed by atoms with van der Waals surface area (Å²) in [4.78, 5) is 20.4. The maximum absolute atomic E-state index is 13.9. The molecular formula is C13H11F2N3O2S3. The van der Waals surface area contributed by atoms with Crippen molar-refractivity contribution in [1.82, 2.24) is 9.71 Å². The number of carbonyl (C=O) groups excluding carboxylic acids is 1. The van der Waals surface area contributed by atoms with Crippen LogP contribution in [0.2, 0.25) is 0 Å². The number of benzene rings is 1. The molecule has 2 N–H and O–H groups in total. The Hall–Kier alpha value is -1.39. The Kier molecular flexibility index (Phi) is 4.01. The predicted octanol–water partition coefficient (Wildman–Crippen LogP) is 2.88. The summed E-state index contributed by atoms with van der Waals surface area (Å²) in [6.07, 6.45) is 0. The number of aromatic nitrogens is 1. The number of thiazole rings is 1. The molecule has 0 aliphatic carbocycles. The Morgan fingerprint density at radius 1 is 1.48 bits per heavy atom. The predicted molar refractivity (Wildman–Crippen MR) is 90.3 cm³/mol. The third-order valence-corrected chi connectivity index (χ3v) is 6.02. The van der Waals surface area contributed by atoms with Gasteiger partial charge in [-0.15, -0.1) is 11.3 Å². The number of hydrogen-bond acceptors (Lipinski definition) is 7. The van der Waals surface area contributed by atoms with Crippen LogP contribution in [0, 0.1) is 11.6 Å². The maximum Gasteiger partial charge on any atom is 0.255 e. The van der Waals surface area contributed by atoms with E-state index in [4.69, 9.17) is 0 Å². The number of carbonyl (C=O) groups is 1. The van der Waals surface area contributed by atoms with E-state index in [1.165, 1.54) is 11.8 Å². The molecule has 0 radical (unpaired) electrons. The van der Waals surface area contributed by atoms with Crippen LogP contribution in [0.15, 0.2) is 11.1 Å². The molecule has 1 aromatic heterocycles. The van der Waals surface area contributed by atoms with Crippen LogP contribution < -0.4 is 4.72 Å². The van der Waals surface area contributed by atoms with Crippen molar-refractivity contribution in [1.29, 1.82) is 0 Å². The molecular weight excluding hydrogens is 364 g/mol. The summed E-state index contributed by atoms with van der Waals surface area (Å²) in [6, 6.07) is 0.304. The second kappa shape index (κ2) is 5.60. The third-order valence-electron chi connectivity index (χ3n) is 3.36. The molecule has 1 aromatic carbocycles. The van der Waals surface area contributed by atoms with E-state index >= 15 is 0 Å². The molecule has 1 amide bonds. The van der Waals surface area contributed by atoms with E-state index in [1.807, 2.05) is 13.8 Å². The van der Waals surface area contributed by atoms with Gasteiger partial charge in [-0.05, 0) is 13.8 Å². The number of thiol groups is 1. The third kappa shape index (κ3) is 2.68. The molecule has 1 aliphatic heterocycles. The second-order valence-corrected chi connectivity index (χ2v) is 8.27. The van der Waals surface area contributed by atoms with Crippen molar-refractivity contribution < 1.29 is 18.7 Å². The van der Waals surface area contributed by atoms with Gasteiger partial charge in [-0.1, -0.05) is 24.6 Å². The van der Waals surface area contributed by atoms with Gasteiger partial charge in [0.1, 0.15) is 16.1 Å². The first-order chi connectivity index (χ1) is 10.7. The van der Waals surface area contributed by atoms with Crippen LogP contribution in [0.4, 0.5) is 8.78 Å². The summed E-state index contributed by atoms with van der Waals surface area (Å²) in [6.45, 7) is 3.70. The SMILES string of the molecule is CC1(C)SC(c2nc3cc(F)c(O)c(F)c3s2)=NC1C(=O)NS. The van der Waals surface area contributed by atoms with Gasteiger partial charge in [0, 0.05) is 10.8 Å². The van der Waals surface area contributed by atoms with Crippen LogP contribution in [-0.2, 0) is 4.79 Å². The Morgan fingerprint density at radius 2 is 2.17 bits per heavy atom. The smallest absolute Gasteiger partial charge is 0.255 e. The van der Waals surface area contributed by atoms with Gasteiger partial charge in [0.2, 0.25) is 0 Å². The summed E-state index contributed by atoms with van der Waals surface area (Å²) in [5.74, 6) is -3.49. The zero-order valence-corrected chi connectivity index (χ0v) is 14.5. The molecule has 0 spiro atoms. The molecule has 1 unspecified atom stereocenters. The molecule has 122 valence electrons. The van der Waals surface area contributed by atoms with E-state index in [-0.39, 0.29) is 16.1 Å². The average molecular weight is 375 g/mol. The lowest BCUT2D eigenvalue weighted by atomic mass is 10.0. The number of phenolic OH excluding ortho intramolecular Hbond substituents is 1. The molecule has 0 fully saturated rings. The second-order valence-electron chi connectivity index (χ2n) is 5.41. The number of halogens is 2. The molecule has 2 aromatic rings. The van der Waals surface area contributed by atoms with E-state index in [9.17, 15) is 18.7 Å². The summed E-state index contributed by atoms with van der Waals surface area (Å²) in [7, 11) is 0. The number of aliphatic imine (C=N–C) groups is 1. The van der Waals surface area contributed by atoms with Crippen LogP contribution >= 0.6 is 35.9 Å². The first kappa shape index (κ1) is 16.5. The van der Waals surface area contributed by atoms with E-state index in [1.54, 1.807) is 0 Å². The summed E-state index contributed by atoms with van der Waals surface area (Å²) >= 11 is 6.03. The number of nitrogens with one attached hydrogen (secondary N) is 1. The van der Waals surface area contributed by atoms with Gasteiger partial charge in [0.25, 0.3) is 5.91 Å². The van der Waals surface area contributed by atoms with Crippen LogP contribution in [0.3, 0.4) is 0 Å². The van der Waals surface area contributed by atoms with Crippen LogP contribution in [-0.4, -0.2) is 31.8 Å². The largest absolute Gasteiger partial charge is 0.503 e. The molecule has 10 heteroatoms. The highest BCUT2D eigenvalue weighted by atomic mass is 32.2. The fourth-order valence-corrected chi connectivity index (χ4v) is 4.52. The van der Waals surface area contributed by atoms with Gasteiger partial charge in [0.05, 0.1) is 10.2 Å². The Morgan fingerprint density at radius 3 is 2.83 bits per heavy atom. The van der Waals surface area contributed by atoms with Gasteiger partial charge in [-0.3, -0.25) is 9.79 Å². The van der Waals surface area contributed by atoms with Crippen molar-refractivity contribution in [3.63, 3.8) is 0 Å². The Labute approximate surface area is 143 Å². The maximum atomic E-state index is 13.9. The van der Waals surface area contributed by atoms with Gasteiger partial charge >= 0.3 is 0 Å². The highest BCUT2D eigenvalue weighted by Crippen LogP contribution is 2.42. The number of fused-ring (bicyclic) bond motifs is 1. The molecule has 5 nitrogen and oxygen atoms in total. The Balaban J connectivity index is 2.08. The number of phenols is 1. The number of thioether (sulfide) groups is 1. The van der Waals surface area contributed by atoms with Gasteiger partial charge < -0.3 is 9.83 Å². The van der Waals surface area contributed by atoms with Crippen molar-refractivity contribution in [2.45, 2.75) is 24.6 Å². The van der Waals surface area contributed by atoms with Crippen LogP contribution in [0.5, 0.6) is 5.75 Å². The van der Waals surface area contributed by atoms with Gasteiger partial charge in [-0.25, -0.2) is 13.8 Å².